The summed E-state index contributed by atoms with van der Waals surface area (Å²) in [5.74, 6) is -0.0405. The van der Waals surface area contributed by atoms with E-state index in [0.717, 1.165) is 8.66 Å². The molecule has 6 heteroatoms. The SMILES string of the molecule is O=C(/C=C/c1ccc(Br)s1)N1CCOC(CO)C1. The molecule has 1 saturated heterocycles. The quantitative estimate of drug-likeness (QED) is 0.858. The minimum absolute atomic E-state index is 0.0405. The van der Waals surface area contributed by atoms with Crippen molar-refractivity contribution in [3.05, 3.63) is 26.9 Å². The van der Waals surface area contributed by atoms with E-state index in [9.17, 15) is 4.79 Å². The first-order chi connectivity index (χ1) is 8.69. The van der Waals surface area contributed by atoms with Crippen molar-refractivity contribution < 1.29 is 14.6 Å². The first kappa shape index (κ1) is 13.7. The van der Waals surface area contributed by atoms with Crippen molar-refractivity contribution >= 4 is 39.2 Å². The van der Waals surface area contributed by atoms with Crippen molar-refractivity contribution in [2.24, 2.45) is 0 Å². The molecule has 4 nitrogen and oxygen atoms in total. The standard InChI is InChI=1S/C12H14BrNO3S/c13-11-3-1-10(18-11)2-4-12(16)14-5-6-17-9(7-14)8-15/h1-4,9,15H,5-8H2/b4-2+. The molecule has 0 saturated carbocycles. The van der Waals surface area contributed by atoms with Crippen LogP contribution in [0.2, 0.25) is 0 Å². The highest BCUT2D eigenvalue weighted by atomic mass is 79.9. The van der Waals surface area contributed by atoms with Crippen LogP contribution in [-0.4, -0.2) is 48.3 Å². The summed E-state index contributed by atoms with van der Waals surface area (Å²) < 4.78 is 6.34. The summed E-state index contributed by atoms with van der Waals surface area (Å²) in [5, 5.41) is 9.02. The van der Waals surface area contributed by atoms with E-state index in [2.05, 4.69) is 15.9 Å². The van der Waals surface area contributed by atoms with Gasteiger partial charge < -0.3 is 14.7 Å². The van der Waals surface area contributed by atoms with E-state index in [1.165, 1.54) is 0 Å². The predicted molar refractivity (Wildman–Crippen MR) is 74.5 cm³/mol. The van der Waals surface area contributed by atoms with Crippen LogP contribution >= 0.6 is 27.3 Å². The molecule has 1 aliphatic heterocycles. The fourth-order valence-corrected chi connectivity index (χ4v) is 3.03. The molecule has 18 heavy (non-hydrogen) atoms. The Labute approximate surface area is 118 Å². The fraction of sp³-hybridized carbons (Fsp3) is 0.417. The molecule has 0 bridgehead atoms. The molecule has 1 aromatic rings. The number of thiophene rings is 1. The van der Waals surface area contributed by atoms with Gasteiger partial charge in [0.25, 0.3) is 0 Å². The molecule has 1 amide bonds. The number of carbonyl (C=O) groups excluding carboxylic acids is 1. The second kappa shape index (κ2) is 6.47. The number of ether oxygens (including phenoxy) is 1. The van der Waals surface area contributed by atoms with Crippen molar-refractivity contribution in [2.75, 3.05) is 26.3 Å². The van der Waals surface area contributed by atoms with Crippen LogP contribution in [0.25, 0.3) is 6.08 Å². The van der Waals surface area contributed by atoms with Gasteiger partial charge in [-0.3, -0.25) is 4.79 Å². The van der Waals surface area contributed by atoms with Gasteiger partial charge in [-0.2, -0.15) is 0 Å². The summed E-state index contributed by atoms with van der Waals surface area (Å²) in [5.41, 5.74) is 0. The molecule has 0 aliphatic carbocycles. The monoisotopic (exact) mass is 331 g/mol. The molecule has 1 fully saturated rings. The summed E-state index contributed by atoms with van der Waals surface area (Å²) in [6.07, 6.45) is 3.12. The van der Waals surface area contributed by atoms with E-state index in [1.54, 1.807) is 28.4 Å². The summed E-state index contributed by atoms with van der Waals surface area (Å²) in [7, 11) is 0. The lowest BCUT2D eigenvalue weighted by atomic mass is 10.2. The summed E-state index contributed by atoms with van der Waals surface area (Å²) in [4.78, 5) is 14.7. The Balaban J connectivity index is 1.93. The lowest BCUT2D eigenvalue weighted by Crippen LogP contribution is -2.46. The zero-order chi connectivity index (χ0) is 13.0. The van der Waals surface area contributed by atoms with Crippen molar-refractivity contribution in [2.45, 2.75) is 6.10 Å². The number of hydrogen-bond acceptors (Lipinski definition) is 4. The van der Waals surface area contributed by atoms with Gasteiger partial charge in [0.05, 0.1) is 23.1 Å². The molecule has 1 aromatic heterocycles. The Kier molecular flexibility index (Phi) is 4.94. The number of rotatable bonds is 3. The number of halogens is 1. The molecule has 1 unspecified atom stereocenters. The molecule has 2 rings (SSSR count). The summed E-state index contributed by atoms with van der Waals surface area (Å²) >= 11 is 4.95. The average Bonchev–Trinajstić information content (AvgIpc) is 2.82. The van der Waals surface area contributed by atoms with Crippen LogP contribution in [0.4, 0.5) is 0 Å². The molecule has 1 N–H and O–H groups in total. The van der Waals surface area contributed by atoms with Crippen LogP contribution < -0.4 is 0 Å². The lowest BCUT2D eigenvalue weighted by Gasteiger charge is -2.31. The van der Waals surface area contributed by atoms with Gasteiger partial charge in [0.2, 0.25) is 5.91 Å². The minimum atomic E-state index is -0.257. The highest BCUT2D eigenvalue weighted by Crippen LogP contribution is 2.23. The summed E-state index contributed by atoms with van der Waals surface area (Å²) in [6, 6.07) is 3.90. The van der Waals surface area contributed by atoms with Crippen LogP contribution in [0, 0.1) is 0 Å². The highest BCUT2D eigenvalue weighted by molar-refractivity contribution is 9.11. The molecular formula is C12H14BrNO3S. The minimum Gasteiger partial charge on any atom is -0.394 e. The maximum atomic E-state index is 11.9. The van der Waals surface area contributed by atoms with Gasteiger partial charge in [-0.05, 0) is 34.1 Å². The van der Waals surface area contributed by atoms with Crippen molar-refractivity contribution in [1.29, 1.82) is 0 Å². The van der Waals surface area contributed by atoms with E-state index in [-0.39, 0.29) is 18.6 Å². The third-order valence-electron chi connectivity index (χ3n) is 2.64. The lowest BCUT2D eigenvalue weighted by molar-refractivity contribution is -0.134. The van der Waals surface area contributed by atoms with Crippen LogP contribution in [0.15, 0.2) is 22.0 Å². The largest absolute Gasteiger partial charge is 0.394 e. The van der Waals surface area contributed by atoms with E-state index < -0.39 is 0 Å². The van der Waals surface area contributed by atoms with Gasteiger partial charge in [0.15, 0.2) is 0 Å². The van der Waals surface area contributed by atoms with E-state index >= 15 is 0 Å². The zero-order valence-corrected chi connectivity index (χ0v) is 12.1. The van der Waals surface area contributed by atoms with Crippen molar-refractivity contribution in [3.8, 4) is 0 Å². The molecule has 98 valence electrons. The maximum Gasteiger partial charge on any atom is 0.246 e. The fourth-order valence-electron chi connectivity index (χ4n) is 1.71. The number of aliphatic hydroxyl groups excluding tert-OH is 1. The number of aliphatic hydroxyl groups is 1. The van der Waals surface area contributed by atoms with Gasteiger partial charge >= 0.3 is 0 Å². The first-order valence-corrected chi connectivity index (χ1v) is 7.25. The van der Waals surface area contributed by atoms with Gasteiger partial charge in [-0.15, -0.1) is 11.3 Å². The van der Waals surface area contributed by atoms with Crippen molar-refractivity contribution in [1.82, 2.24) is 4.90 Å². The Morgan fingerprint density at radius 3 is 3.17 bits per heavy atom. The van der Waals surface area contributed by atoms with E-state index in [4.69, 9.17) is 9.84 Å². The number of carbonyl (C=O) groups is 1. The molecule has 0 spiro atoms. The topological polar surface area (TPSA) is 49.8 Å². The van der Waals surface area contributed by atoms with Gasteiger partial charge in [0, 0.05) is 24.0 Å². The first-order valence-electron chi connectivity index (χ1n) is 5.64. The molecule has 0 radical (unpaired) electrons. The second-order valence-electron chi connectivity index (χ2n) is 3.93. The molecule has 1 atom stereocenters. The molecule has 1 aliphatic rings. The van der Waals surface area contributed by atoms with Crippen molar-refractivity contribution in [3.63, 3.8) is 0 Å². The highest BCUT2D eigenvalue weighted by Gasteiger charge is 2.22. The van der Waals surface area contributed by atoms with Gasteiger partial charge in [0.1, 0.15) is 0 Å². The third-order valence-corrected chi connectivity index (χ3v) is 4.23. The molecular weight excluding hydrogens is 318 g/mol. The van der Waals surface area contributed by atoms with Gasteiger partial charge in [-0.25, -0.2) is 0 Å². The molecule has 0 aromatic carbocycles. The summed E-state index contributed by atoms with van der Waals surface area (Å²) in [6.45, 7) is 1.46. The number of nitrogens with zero attached hydrogens (tertiary/aromatic N) is 1. The maximum absolute atomic E-state index is 11.9. The van der Waals surface area contributed by atoms with E-state index in [1.807, 2.05) is 12.1 Å². The normalized spacial score (nSPS) is 20.6. The number of hydrogen-bond donors (Lipinski definition) is 1. The Hall–Kier alpha value is -0.690. The van der Waals surface area contributed by atoms with Crippen LogP contribution in [0.5, 0.6) is 0 Å². The van der Waals surface area contributed by atoms with Crippen LogP contribution in [0.1, 0.15) is 4.88 Å². The van der Waals surface area contributed by atoms with Crippen LogP contribution in [0.3, 0.4) is 0 Å². The van der Waals surface area contributed by atoms with Gasteiger partial charge in [-0.1, -0.05) is 0 Å². The zero-order valence-electron chi connectivity index (χ0n) is 9.71. The second-order valence-corrected chi connectivity index (χ2v) is 6.43. The number of morpholine rings is 1. The Morgan fingerprint density at radius 2 is 2.50 bits per heavy atom. The molecule has 2 heterocycles. The smallest absolute Gasteiger partial charge is 0.246 e. The van der Waals surface area contributed by atoms with E-state index in [0.29, 0.717) is 19.7 Å². The predicted octanol–water partition coefficient (Wildman–Crippen LogP) is 1.74. The van der Waals surface area contributed by atoms with Crippen LogP contribution in [-0.2, 0) is 9.53 Å². The Bertz CT molecular complexity index is 446. The average molecular weight is 332 g/mol. The Morgan fingerprint density at radius 1 is 1.67 bits per heavy atom. The third kappa shape index (κ3) is 3.65. The number of amides is 1.